The van der Waals surface area contributed by atoms with Crippen molar-refractivity contribution in [2.45, 2.75) is 32.4 Å². The standard InChI is InChI=1S/C14H22N2O2/c1-10-3-2-6-16(13(10)8-15)9-11-4-5-12(17)7-14(11)18/h4-5,7,10,13,17-18H,2-3,6,8-9,15H2,1H3. The monoisotopic (exact) mass is 250 g/mol. The van der Waals surface area contributed by atoms with Crippen molar-refractivity contribution >= 4 is 0 Å². The molecule has 2 atom stereocenters. The molecule has 1 aromatic rings. The summed E-state index contributed by atoms with van der Waals surface area (Å²) in [5.74, 6) is 0.852. The van der Waals surface area contributed by atoms with Crippen LogP contribution in [0.4, 0.5) is 0 Å². The molecule has 4 nitrogen and oxygen atoms in total. The Labute approximate surface area is 108 Å². The van der Waals surface area contributed by atoms with E-state index < -0.39 is 0 Å². The molecule has 18 heavy (non-hydrogen) atoms. The van der Waals surface area contributed by atoms with Crippen molar-refractivity contribution in [3.05, 3.63) is 23.8 Å². The Kier molecular flexibility index (Phi) is 4.09. The summed E-state index contributed by atoms with van der Waals surface area (Å²) in [6, 6.07) is 5.16. The highest BCUT2D eigenvalue weighted by molar-refractivity contribution is 5.38. The van der Waals surface area contributed by atoms with Gasteiger partial charge in [-0.15, -0.1) is 0 Å². The number of rotatable bonds is 3. The average molecular weight is 250 g/mol. The largest absolute Gasteiger partial charge is 0.508 e. The first-order chi connectivity index (χ1) is 8.61. The van der Waals surface area contributed by atoms with E-state index in [1.165, 1.54) is 18.9 Å². The first kappa shape index (κ1) is 13.2. The van der Waals surface area contributed by atoms with Crippen LogP contribution < -0.4 is 5.73 Å². The maximum Gasteiger partial charge on any atom is 0.123 e. The first-order valence-corrected chi connectivity index (χ1v) is 6.56. The molecule has 2 unspecified atom stereocenters. The molecule has 1 aromatic carbocycles. The van der Waals surface area contributed by atoms with Crippen molar-refractivity contribution in [3.8, 4) is 11.5 Å². The van der Waals surface area contributed by atoms with Crippen molar-refractivity contribution < 1.29 is 10.2 Å². The summed E-state index contributed by atoms with van der Waals surface area (Å²) in [5.41, 5.74) is 6.70. The van der Waals surface area contributed by atoms with Crippen LogP contribution >= 0.6 is 0 Å². The number of likely N-dealkylation sites (tertiary alicyclic amines) is 1. The number of piperidine rings is 1. The molecule has 4 heteroatoms. The third-order valence-electron chi connectivity index (χ3n) is 3.91. The summed E-state index contributed by atoms with van der Waals surface area (Å²) in [5, 5.41) is 19.1. The van der Waals surface area contributed by atoms with Gasteiger partial charge in [0.1, 0.15) is 11.5 Å². The predicted molar refractivity (Wildman–Crippen MR) is 71.4 cm³/mol. The SMILES string of the molecule is CC1CCCN(Cc2ccc(O)cc2O)C1CN. The van der Waals surface area contributed by atoms with Gasteiger partial charge in [0.05, 0.1) is 0 Å². The Bertz CT molecular complexity index is 409. The molecule has 1 heterocycles. The molecule has 0 saturated carbocycles. The molecule has 2 rings (SSSR count). The average Bonchev–Trinajstić information content (AvgIpc) is 2.33. The van der Waals surface area contributed by atoms with Gasteiger partial charge in [-0.25, -0.2) is 0 Å². The lowest BCUT2D eigenvalue weighted by atomic mass is 9.90. The van der Waals surface area contributed by atoms with Gasteiger partial charge in [0.25, 0.3) is 0 Å². The van der Waals surface area contributed by atoms with Crippen molar-refractivity contribution in [1.82, 2.24) is 4.90 Å². The van der Waals surface area contributed by atoms with Crippen molar-refractivity contribution in [2.75, 3.05) is 13.1 Å². The van der Waals surface area contributed by atoms with Gasteiger partial charge in [-0.05, 0) is 31.4 Å². The van der Waals surface area contributed by atoms with Crippen LogP contribution in [-0.2, 0) is 6.54 Å². The van der Waals surface area contributed by atoms with Gasteiger partial charge in [-0.3, -0.25) is 4.90 Å². The molecule has 1 fully saturated rings. The fourth-order valence-electron chi connectivity index (χ4n) is 2.82. The molecule has 0 bridgehead atoms. The second-order valence-corrected chi connectivity index (χ2v) is 5.21. The number of phenolic OH excluding ortho intramolecular Hbond substituents is 2. The molecule has 0 aromatic heterocycles. The van der Waals surface area contributed by atoms with E-state index in [9.17, 15) is 10.2 Å². The topological polar surface area (TPSA) is 69.7 Å². The van der Waals surface area contributed by atoms with Gasteiger partial charge < -0.3 is 15.9 Å². The summed E-state index contributed by atoms with van der Waals surface area (Å²) in [4.78, 5) is 2.33. The Morgan fingerprint density at radius 1 is 1.39 bits per heavy atom. The molecule has 0 spiro atoms. The third kappa shape index (κ3) is 2.76. The lowest BCUT2D eigenvalue weighted by Crippen LogP contribution is -2.47. The summed E-state index contributed by atoms with van der Waals surface area (Å²) in [6.45, 7) is 4.60. The van der Waals surface area contributed by atoms with E-state index in [0.29, 0.717) is 25.0 Å². The molecule has 1 aliphatic heterocycles. The van der Waals surface area contributed by atoms with Gasteiger partial charge in [0, 0.05) is 30.8 Å². The highest BCUT2D eigenvalue weighted by atomic mass is 16.3. The highest BCUT2D eigenvalue weighted by Gasteiger charge is 2.27. The molecular weight excluding hydrogens is 228 g/mol. The van der Waals surface area contributed by atoms with Crippen molar-refractivity contribution in [2.24, 2.45) is 11.7 Å². The maximum atomic E-state index is 9.83. The fourth-order valence-corrected chi connectivity index (χ4v) is 2.82. The first-order valence-electron chi connectivity index (χ1n) is 6.56. The number of hydrogen-bond donors (Lipinski definition) is 3. The minimum Gasteiger partial charge on any atom is -0.508 e. The smallest absolute Gasteiger partial charge is 0.123 e. The number of benzene rings is 1. The Morgan fingerprint density at radius 2 is 2.17 bits per heavy atom. The van der Waals surface area contributed by atoms with Crippen LogP contribution in [0.2, 0.25) is 0 Å². The van der Waals surface area contributed by atoms with Crippen molar-refractivity contribution in [1.29, 1.82) is 0 Å². The molecule has 1 aliphatic rings. The lowest BCUT2D eigenvalue weighted by molar-refractivity contribution is 0.0982. The van der Waals surface area contributed by atoms with Crippen LogP contribution in [-0.4, -0.2) is 34.2 Å². The normalized spacial score (nSPS) is 25.2. The van der Waals surface area contributed by atoms with E-state index in [-0.39, 0.29) is 11.5 Å². The van der Waals surface area contributed by atoms with Crippen LogP contribution in [0, 0.1) is 5.92 Å². The predicted octanol–water partition coefficient (Wildman–Crippen LogP) is 1.66. The molecule has 4 N–H and O–H groups in total. The molecule has 0 amide bonds. The number of nitrogens with zero attached hydrogens (tertiary/aromatic N) is 1. The Hall–Kier alpha value is -1.26. The number of hydrogen-bond acceptors (Lipinski definition) is 4. The van der Waals surface area contributed by atoms with E-state index in [0.717, 1.165) is 12.1 Å². The third-order valence-corrected chi connectivity index (χ3v) is 3.91. The van der Waals surface area contributed by atoms with Gasteiger partial charge >= 0.3 is 0 Å². The second kappa shape index (κ2) is 5.59. The second-order valence-electron chi connectivity index (χ2n) is 5.21. The molecule has 0 radical (unpaired) electrons. The Morgan fingerprint density at radius 3 is 2.83 bits per heavy atom. The van der Waals surface area contributed by atoms with Crippen LogP contribution in [0.15, 0.2) is 18.2 Å². The molecular formula is C14H22N2O2. The number of phenols is 2. The number of nitrogens with two attached hydrogens (primary N) is 1. The minimum atomic E-state index is 0.0960. The highest BCUT2D eigenvalue weighted by Crippen LogP contribution is 2.28. The minimum absolute atomic E-state index is 0.0960. The van der Waals surface area contributed by atoms with E-state index in [2.05, 4.69) is 11.8 Å². The van der Waals surface area contributed by atoms with Crippen LogP contribution in [0.25, 0.3) is 0 Å². The zero-order valence-corrected chi connectivity index (χ0v) is 10.8. The quantitative estimate of drug-likeness (QED) is 0.763. The van der Waals surface area contributed by atoms with Gasteiger partial charge in [0.2, 0.25) is 0 Å². The summed E-state index contributed by atoms with van der Waals surface area (Å²) >= 11 is 0. The van der Waals surface area contributed by atoms with E-state index in [4.69, 9.17) is 5.73 Å². The van der Waals surface area contributed by atoms with Crippen LogP contribution in [0.3, 0.4) is 0 Å². The zero-order valence-electron chi connectivity index (χ0n) is 10.8. The summed E-state index contributed by atoms with van der Waals surface area (Å²) < 4.78 is 0. The molecule has 1 saturated heterocycles. The lowest BCUT2D eigenvalue weighted by Gasteiger charge is -2.39. The van der Waals surface area contributed by atoms with E-state index >= 15 is 0 Å². The zero-order chi connectivity index (χ0) is 13.1. The maximum absolute atomic E-state index is 9.83. The van der Waals surface area contributed by atoms with E-state index in [1.54, 1.807) is 12.1 Å². The fraction of sp³-hybridized carbons (Fsp3) is 0.571. The van der Waals surface area contributed by atoms with Crippen molar-refractivity contribution in [3.63, 3.8) is 0 Å². The van der Waals surface area contributed by atoms with Gasteiger partial charge in [-0.2, -0.15) is 0 Å². The van der Waals surface area contributed by atoms with Crippen LogP contribution in [0.5, 0.6) is 11.5 Å². The van der Waals surface area contributed by atoms with Gasteiger partial charge in [-0.1, -0.05) is 13.0 Å². The van der Waals surface area contributed by atoms with Crippen LogP contribution in [0.1, 0.15) is 25.3 Å². The Balaban J connectivity index is 2.11. The molecule has 100 valence electrons. The number of aromatic hydroxyl groups is 2. The summed E-state index contributed by atoms with van der Waals surface area (Å²) in [6.07, 6.45) is 2.40. The molecule has 0 aliphatic carbocycles. The van der Waals surface area contributed by atoms with Gasteiger partial charge in [0.15, 0.2) is 0 Å². The van der Waals surface area contributed by atoms with E-state index in [1.807, 2.05) is 0 Å². The summed E-state index contributed by atoms with van der Waals surface area (Å²) in [7, 11) is 0.